The molecule has 1 amide bonds. The fraction of sp³-hybridized carbons (Fsp3) is 0.417. The molecule has 2 atom stereocenters. The van der Waals surface area contributed by atoms with E-state index in [4.69, 9.17) is 21.1 Å². The second-order valence-electron chi connectivity index (χ2n) is 9.47. The first kappa shape index (κ1) is 25.9. The number of hydrogen-bond acceptors (Lipinski definition) is 6. The summed E-state index contributed by atoms with van der Waals surface area (Å²) < 4.78 is 52.7. The number of likely N-dealkylation sites (tertiary alicyclic amines) is 1. The Bertz CT molecular complexity index is 1210. The summed E-state index contributed by atoms with van der Waals surface area (Å²) in [5.74, 6) is 0. The summed E-state index contributed by atoms with van der Waals surface area (Å²) in [6.07, 6.45) is -0.623. The van der Waals surface area contributed by atoms with Gasteiger partial charge in [0.05, 0.1) is 37.1 Å². The summed E-state index contributed by atoms with van der Waals surface area (Å²) >= 11 is 5.91. The first-order valence-electron chi connectivity index (χ1n) is 11.2. The Kier molecular flexibility index (Phi) is 7.24. The summed E-state index contributed by atoms with van der Waals surface area (Å²) in [7, 11) is 0. The van der Waals surface area contributed by atoms with Crippen LogP contribution in [-0.2, 0) is 22.3 Å². The van der Waals surface area contributed by atoms with Crippen LogP contribution in [0.2, 0.25) is 5.02 Å². The summed E-state index contributed by atoms with van der Waals surface area (Å²) in [5.41, 5.74) is 0.0634. The van der Waals surface area contributed by atoms with Crippen LogP contribution in [0.3, 0.4) is 0 Å². The number of halogens is 4. The van der Waals surface area contributed by atoms with Crippen molar-refractivity contribution in [3.05, 3.63) is 65.1 Å². The standard InChI is InChI=1S/C24H25ClF3N5O3/c1-23(2,3)36-22(34)32-12-20(33-11-19(30-31-33)16-5-4-6-29-10-16)21(13-32)35-14-15-7-17(24(26,27)28)9-18(25)8-15/h4-11,20-21H,12-14H2,1-3H3. The van der Waals surface area contributed by atoms with Gasteiger partial charge in [-0.05, 0) is 56.7 Å². The van der Waals surface area contributed by atoms with Crippen LogP contribution in [0.15, 0.2) is 48.9 Å². The zero-order valence-corrected chi connectivity index (χ0v) is 20.6. The van der Waals surface area contributed by atoms with Crippen LogP contribution in [0.25, 0.3) is 11.3 Å². The molecule has 0 bridgehead atoms. The van der Waals surface area contributed by atoms with E-state index < -0.39 is 35.6 Å². The first-order chi connectivity index (χ1) is 16.9. The number of carbonyl (C=O) groups excluding carboxylic acids is 1. The number of pyridine rings is 1. The van der Waals surface area contributed by atoms with Gasteiger partial charge in [-0.15, -0.1) is 5.10 Å². The largest absolute Gasteiger partial charge is 0.444 e. The molecule has 36 heavy (non-hydrogen) atoms. The van der Waals surface area contributed by atoms with E-state index in [1.807, 2.05) is 6.07 Å². The number of alkyl halides is 3. The van der Waals surface area contributed by atoms with Gasteiger partial charge in [0.15, 0.2) is 0 Å². The molecule has 0 N–H and O–H groups in total. The summed E-state index contributed by atoms with van der Waals surface area (Å²) in [6.45, 7) is 5.54. The Balaban J connectivity index is 1.56. The molecular weight excluding hydrogens is 499 g/mol. The Morgan fingerprint density at radius 1 is 1.19 bits per heavy atom. The van der Waals surface area contributed by atoms with Gasteiger partial charge >= 0.3 is 12.3 Å². The van der Waals surface area contributed by atoms with Crippen LogP contribution >= 0.6 is 11.6 Å². The van der Waals surface area contributed by atoms with Crippen molar-refractivity contribution in [3.63, 3.8) is 0 Å². The maximum atomic E-state index is 13.2. The maximum Gasteiger partial charge on any atom is 0.416 e. The molecule has 1 saturated heterocycles. The topological polar surface area (TPSA) is 82.4 Å². The highest BCUT2D eigenvalue weighted by molar-refractivity contribution is 6.30. The minimum atomic E-state index is -4.54. The van der Waals surface area contributed by atoms with Gasteiger partial charge in [-0.1, -0.05) is 16.8 Å². The van der Waals surface area contributed by atoms with Crippen LogP contribution in [0.1, 0.15) is 37.9 Å². The number of aromatic nitrogens is 4. The van der Waals surface area contributed by atoms with E-state index in [0.29, 0.717) is 5.69 Å². The predicted octanol–water partition coefficient (Wildman–Crippen LogP) is 5.39. The highest BCUT2D eigenvalue weighted by atomic mass is 35.5. The first-order valence-corrected chi connectivity index (χ1v) is 11.6. The van der Waals surface area contributed by atoms with Crippen LogP contribution in [0.5, 0.6) is 0 Å². The van der Waals surface area contributed by atoms with Gasteiger partial charge in [-0.3, -0.25) is 4.98 Å². The van der Waals surface area contributed by atoms with Gasteiger partial charge in [-0.25, -0.2) is 9.48 Å². The minimum Gasteiger partial charge on any atom is -0.444 e. The molecule has 8 nitrogen and oxygen atoms in total. The normalized spacial score (nSPS) is 18.5. The Morgan fingerprint density at radius 3 is 2.64 bits per heavy atom. The molecule has 4 rings (SSSR count). The molecule has 2 unspecified atom stereocenters. The van der Waals surface area contributed by atoms with E-state index in [1.54, 1.807) is 50.1 Å². The van der Waals surface area contributed by atoms with E-state index in [0.717, 1.165) is 17.7 Å². The Hall–Kier alpha value is -3.18. The lowest BCUT2D eigenvalue weighted by atomic mass is 10.1. The number of amides is 1. The number of carbonyl (C=O) groups is 1. The number of hydrogen-bond donors (Lipinski definition) is 0. The zero-order valence-electron chi connectivity index (χ0n) is 19.9. The van der Waals surface area contributed by atoms with Gasteiger partial charge < -0.3 is 14.4 Å². The third-order valence-electron chi connectivity index (χ3n) is 5.44. The molecule has 2 aromatic heterocycles. The number of rotatable bonds is 5. The van der Waals surface area contributed by atoms with Crippen LogP contribution in [0, 0.1) is 0 Å². The van der Waals surface area contributed by atoms with Gasteiger partial charge in [0, 0.05) is 29.5 Å². The lowest BCUT2D eigenvalue weighted by Gasteiger charge is -2.24. The molecule has 0 aliphatic carbocycles. The molecule has 3 aromatic rings. The number of benzene rings is 1. The second kappa shape index (κ2) is 10.1. The average Bonchev–Trinajstić information content (AvgIpc) is 3.44. The van der Waals surface area contributed by atoms with Crippen molar-refractivity contribution in [1.29, 1.82) is 0 Å². The molecule has 0 radical (unpaired) electrons. The summed E-state index contributed by atoms with van der Waals surface area (Å²) in [5, 5.41) is 8.38. The molecule has 12 heteroatoms. The second-order valence-corrected chi connectivity index (χ2v) is 9.91. The fourth-order valence-electron chi connectivity index (χ4n) is 3.84. The Labute approximate surface area is 211 Å². The molecule has 192 valence electrons. The summed E-state index contributed by atoms with van der Waals surface area (Å²) in [6, 6.07) is 6.45. The van der Waals surface area contributed by atoms with Crippen molar-refractivity contribution < 1.29 is 27.4 Å². The number of ether oxygens (including phenoxy) is 2. The van der Waals surface area contributed by atoms with E-state index in [2.05, 4.69) is 15.3 Å². The van der Waals surface area contributed by atoms with E-state index in [1.165, 1.54) is 11.0 Å². The molecular formula is C24H25ClF3N5O3. The molecule has 1 aliphatic rings. The number of nitrogens with zero attached hydrogens (tertiary/aromatic N) is 5. The predicted molar refractivity (Wildman–Crippen MR) is 125 cm³/mol. The van der Waals surface area contributed by atoms with E-state index in [9.17, 15) is 18.0 Å². The smallest absolute Gasteiger partial charge is 0.416 e. The molecule has 1 fully saturated rings. The quantitative estimate of drug-likeness (QED) is 0.446. The zero-order chi connectivity index (χ0) is 26.1. The third kappa shape index (κ3) is 6.33. The Morgan fingerprint density at radius 2 is 1.97 bits per heavy atom. The maximum absolute atomic E-state index is 13.2. The van der Waals surface area contributed by atoms with Gasteiger partial charge in [0.1, 0.15) is 11.3 Å². The van der Waals surface area contributed by atoms with E-state index >= 15 is 0 Å². The van der Waals surface area contributed by atoms with Crippen LogP contribution in [-0.4, -0.2) is 55.8 Å². The van der Waals surface area contributed by atoms with Crippen LogP contribution in [0.4, 0.5) is 18.0 Å². The lowest BCUT2D eigenvalue weighted by Crippen LogP contribution is -2.36. The van der Waals surface area contributed by atoms with Crippen molar-refractivity contribution in [2.24, 2.45) is 0 Å². The molecule has 1 aromatic carbocycles. The van der Waals surface area contributed by atoms with Crippen LogP contribution < -0.4 is 0 Å². The monoisotopic (exact) mass is 523 g/mol. The van der Waals surface area contributed by atoms with Crippen molar-refractivity contribution in [3.8, 4) is 11.3 Å². The summed E-state index contributed by atoms with van der Waals surface area (Å²) in [4.78, 5) is 18.3. The van der Waals surface area contributed by atoms with Gasteiger partial charge in [0.2, 0.25) is 0 Å². The minimum absolute atomic E-state index is 0.0424. The van der Waals surface area contributed by atoms with E-state index in [-0.39, 0.29) is 30.3 Å². The molecule has 1 aliphatic heterocycles. The highest BCUT2D eigenvalue weighted by Crippen LogP contribution is 2.33. The van der Waals surface area contributed by atoms with Crippen molar-refractivity contribution in [2.45, 2.75) is 51.3 Å². The molecule has 0 saturated carbocycles. The SMILES string of the molecule is CC(C)(C)OC(=O)N1CC(OCc2cc(Cl)cc(C(F)(F)F)c2)C(n2cc(-c3cccnc3)nn2)C1. The molecule has 0 spiro atoms. The highest BCUT2D eigenvalue weighted by Gasteiger charge is 2.40. The van der Waals surface area contributed by atoms with Gasteiger partial charge in [-0.2, -0.15) is 13.2 Å². The average molecular weight is 524 g/mol. The lowest BCUT2D eigenvalue weighted by molar-refractivity contribution is -0.137. The van der Waals surface area contributed by atoms with Crippen molar-refractivity contribution in [2.75, 3.05) is 13.1 Å². The van der Waals surface area contributed by atoms with Gasteiger partial charge in [0.25, 0.3) is 0 Å². The van der Waals surface area contributed by atoms with Crippen molar-refractivity contribution in [1.82, 2.24) is 24.9 Å². The molecule has 3 heterocycles. The fourth-order valence-corrected chi connectivity index (χ4v) is 4.09. The van der Waals surface area contributed by atoms with Crippen molar-refractivity contribution >= 4 is 17.7 Å². The third-order valence-corrected chi connectivity index (χ3v) is 5.66.